The van der Waals surface area contributed by atoms with E-state index in [0.29, 0.717) is 31.1 Å². The van der Waals surface area contributed by atoms with Gasteiger partial charge in [-0.3, -0.25) is 9.79 Å². The molecule has 0 spiro atoms. The van der Waals surface area contributed by atoms with Crippen LogP contribution in [0.2, 0.25) is 0 Å². The first-order chi connectivity index (χ1) is 9.81. The Balaban J connectivity index is 1.73. The summed E-state index contributed by atoms with van der Waals surface area (Å²) in [6.45, 7) is 0.710. The van der Waals surface area contributed by atoms with Gasteiger partial charge in [-0.15, -0.1) is 11.3 Å². The number of thiophene rings is 1. The van der Waals surface area contributed by atoms with E-state index in [9.17, 15) is 4.79 Å². The van der Waals surface area contributed by atoms with E-state index < -0.39 is 0 Å². The summed E-state index contributed by atoms with van der Waals surface area (Å²) in [6.07, 6.45) is 2.11. The third-order valence-corrected chi connectivity index (χ3v) is 4.53. The van der Waals surface area contributed by atoms with Crippen LogP contribution in [0.15, 0.2) is 52.8 Å². The Morgan fingerprint density at radius 2 is 1.95 bits per heavy atom. The molecule has 0 unspecified atom stereocenters. The van der Waals surface area contributed by atoms with E-state index in [4.69, 9.17) is 0 Å². The summed E-state index contributed by atoms with van der Waals surface area (Å²) in [5.74, 6) is 0.620. The van der Waals surface area contributed by atoms with Crippen molar-refractivity contribution in [3.8, 4) is 0 Å². The normalized spacial score (nSPS) is 21.3. The highest BCUT2D eigenvalue weighted by atomic mass is 32.1. The molecule has 1 saturated carbocycles. The minimum atomic E-state index is 0.305. The van der Waals surface area contributed by atoms with E-state index in [-0.39, 0.29) is 0 Å². The lowest BCUT2D eigenvalue weighted by atomic mass is 9.82. The van der Waals surface area contributed by atoms with Crippen LogP contribution in [0.1, 0.15) is 35.6 Å². The number of hydrogen-bond acceptors (Lipinski definition) is 3. The highest BCUT2D eigenvalue weighted by Gasteiger charge is 2.24. The molecule has 0 bridgehead atoms. The standard InChI is InChI=1S/C17H17NOS/c19-16-10-14(13-5-2-1-3-6-13)9-15(11-16)18-12-17-7-4-8-20-17/h1-8,14H,9-12H2/t14-/m1/s1. The van der Waals surface area contributed by atoms with Gasteiger partial charge in [-0.25, -0.2) is 0 Å². The highest BCUT2D eigenvalue weighted by Crippen LogP contribution is 2.29. The maximum absolute atomic E-state index is 11.9. The van der Waals surface area contributed by atoms with Crippen molar-refractivity contribution in [2.24, 2.45) is 4.99 Å². The Labute approximate surface area is 123 Å². The zero-order chi connectivity index (χ0) is 13.8. The third-order valence-electron chi connectivity index (χ3n) is 3.67. The molecule has 2 aromatic rings. The minimum Gasteiger partial charge on any atom is -0.299 e. The molecule has 3 rings (SSSR count). The Morgan fingerprint density at radius 3 is 2.70 bits per heavy atom. The average molecular weight is 283 g/mol. The maximum atomic E-state index is 11.9. The predicted molar refractivity (Wildman–Crippen MR) is 83.5 cm³/mol. The molecule has 0 aliphatic heterocycles. The van der Waals surface area contributed by atoms with E-state index in [0.717, 1.165) is 12.1 Å². The van der Waals surface area contributed by atoms with E-state index in [2.05, 4.69) is 28.6 Å². The molecule has 20 heavy (non-hydrogen) atoms. The molecule has 3 heteroatoms. The number of Topliss-reactive ketones (excluding diaryl/α,β-unsaturated/α-hetero) is 1. The van der Waals surface area contributed by atoms with E-state index in [1.165, 1.54) is 10.4 Å². The van der Waals surface area contributed by atoms with Gasteiger partial charge in [0.05, 0.1) is 6.54 Å². The van der Waals surface area contributed by atoms with Crippen molar-refractivity contribution in [1.29, 1.82) is 0 Å². The van der Waals surface area contributed by atoms with Crippen molar-refractivity contribution in [2.75, 3.05) is 0 Å². The molecular weight excluding hydrogens is 266 g/mol. The van der Waals surface area contributed by atoms with Crippen molar-refractivity contribution < 1.29 is 4.79 Å². The quantitative estimate of drug-likeness (QED) is 0.829. The summed E-state index contributed by atoms with van der Waals surface area (Å²) >= 11 is 1.72. The summed E-state index contributed by atoms with van der Waals surface area (Å²) in [6, 6.07) is 14.4. The van der Waals surface area contributed by atoms with Crippen LogP contribution < -0.4 is 0 Å². The monoisotopic (exact) mass is 283 g/mol. The number of carbonyl (C=O) groups is 1. The van der Waals surface area contributed by atoms with Gasteiger partial charge in [0.15, 0.2) is 0 Å². The van der Waals surface area contributed by atoms with Crippen molar-refractivity contribution >= 4 is 22.8 Å². The summed E-state index contributed by atoms with van der Waals surface area (Å²) < 4.78 is 0. The Kier molecular flexibility index (Phi) is 4.07. The lowest BCUT2D eigenvalue weighted by Crippen LogP contribution is -2.21. The van der Waals surface area contributed by atoms with Crippen molar-refractivity contribution in [2.45, 2.75) is 31.7 Å². The summed E-state index contributed by atoms with van der Waals surface area (Å²) in [7, 11) is 0. The van der Waals surface area contributed by atoms with E-state index in [1.54, 1.807) is 11.3 Å². The lowest BCUT2D eigenvalue weighted by molar-refractivity contribution is -0.118. The molecule has 1 aromatic carbocycles. The molecule has 0 amide bonds. The smallest absolute Gasteiger partial charge is 0.139 e. The second-order valence-electron chi connectivity index (χ2n) is 5.19. The van der Waals surface area contributed by atoms with Gasteiger partial charge in [0, 0.05) is 23.4 Å². The number of rotatable bonds is 3. The second-order valence-corrected chi connectivity index (χ2v) is 6.23. The molecule has 1 aromatic heterocycles. The fraction of sp³-hybridized carbons (Fsp3) is 0.294. The van der Waals surface area contributed by atoms with Gasteiger partial charge in [0.2, 0.25) is 0 Å². The number of hydrogen-bond donors (Lipinski definition) is 0. The topological polar surface area (TPSA) is 29.4 Å². The zero-order valence-corrected chi connectivity index (χ0v) is 12.1. The molecule has 102 valence electrons. The first kappa shape index (κ1) is 13.3. The fourth-order valence-corrected chi connectivity index (χ4v) is 3.31. The molecule has 0 radical (unpaired) electrons. The zero-order valence-electron chi connectivity index (χ0n) is 11.3. The first-order valence-corrected chi connectivity index (χ1v) is 7.80. The molecule has 0 N–H and O–H groups in total. The lowest BCUT2D eigenvalue weighted by Gasteiger charge is -2.23. The molecule has 1 aliphatic rings. The summed E-state index contributed by atoms with van der Waals surface area (Å²) in [5.41, 5.74) is 2.31. The van der Waals surface area contributed by atoms with Gasteiger partial charge in [-0.05, 0) is 29.3 Å². The van der Waals surface area contributed by atoms with Crippen LogP contribution in [0.4, 0.5) is 0 Å². The number of aliphatic imine (C=N–C) groups is 1. The van der Waals surface area contributed by atoms with Gasteiger partial charge in [0.1, 0.15) is 5.78 Å². The molecule has 1 heterocycles. The molecule has 1 atom stereocenters. The second kappa shape index (κ2) is 6.14. The van der Waals surface area contributed by atoms with Gasteiger partial charge in [-0.1, -0.05) is 36.4 Å². The molecule has 1 fully saturated rings. The van der Waals surface area contributed by atoms with Crippen LogP contribution in [0.25, 0.3) is 0 Å². The van der Waals surface area contributed by atoms with Gasteiger partial charge in [0.25, 0.3) is 0 Å². The van der Waals surface area contributed by atoms with Crippen molar-refractivity contribution in [1.82, 2.24) is 0 Å². The third kappa shape index (κ3) is 3.23. The van der Waals surface area contributed by atoms with Crippen LogP contribution in [0, 0.1) is 0 Å². The van der Waals surface area contributed by atoms with Crippen molar-refractivity contribution in [3.05, 3.63) is 58.3 Å². The SMILES string of the molecule is O=C1CC(=NCc2cccs2)C[C@@H](c2ccccc2)C1. The van der Waals surface area contributed by atoms with Crippen LogP contribution in [0.3, 0.4) is 0 Å². The number of carbonyl (C=O) groups excluding carboxylic acids is 1. The Hall–Kier alpha value is -1.74. The van der Waals surface area contributed by atoms with Crippen LogP contribution in [-0.4, -0.2) is 11.5 Å². The summed E-state index contributed by atoms with van der Waals surface area (Å²) in [5, 5.41) is 2.06. The Morgan fingerprint density at radius 1 is 1.10 bits per heavy atom. The molecule has 2 nitrogen and oxygen atoms in total. The van der Waals surface area contributed by atoms with Crippen LogP contribution in [0.5, 0.6) is 0 Å². The molecule has 1 aliphatic carbocycles. The van der Waals surface area contributed by atoms with E-state index in [1.807, 2.05) is 24.3 Å². The van der Waals surface area contributed by atoms with E-state index >= 15 is 0 Å². The number of benzene rings is 1. The predicted octanol–water partition coefficient (Wildman–Crippen LogP) is 4.23. The first-order valence-electron chi connectivity index (χ1n) is 6.92. The summed E-state index contributed by atoms with van der Waals surface area (Å²) in [4.78, 5) is 17.9. The minimum absolute atomic E-state index is 0.305. The largest absolute Gasteiger partial charge is 0.299 e. The molecule has 0 saturated heterocycles. The molecular formula is C17H17NOS. The highest BCUT2D eigenvalue weighted by molar-refractivity contribution is 7.09. The van der Waals surface area contributed by atoms with Gasteiger partial charge >= 0.3 is 0 Å². The number of nitrogens with zero attached hydrogens (tertiary/aromatic N) is 1. The van der Waals surface area contributed by atoms with Crippen molar-refractivity contribution in [3.63, 3.8) is 0 Å². The fourth-order valence-electron chi connectivity index (χ4n) is 2.68. The van der Waals surface area contributed by atoms with Crippen LogP contribution >= 0.6 is 11.3 Å². The average Bonchev–Trinajstić information content (AvgIpc) is 2.99. The Bertz CT molecular complexity index is 601. The van der Waals surface area contributed by atoms with Crippen LogP contribution in [-0.2, 0) is 11.3 Å². The maximum Gasteiger partial charge on any atom is 0.139 e. The van der Waals surface area contributed by atoms with Gasteiger partial charge in [-0.2, -0.15) is 0 Å². The van der Waals surface area contributed by atoms with Gasteiger partial charge < -0.3 is 0 Å². The number of ketones is 1.